The van der Waals surface area contributed by atoms with Gasteiger partial charge in [0.15, 0.2) is 0 Å². The van der Waals surface area contributed by atoms with Gasteiger partial charge in [0.2, 0.25) is 0 Å². The highest BCUT2D eigenvalue weighted by molar-refractivity contribution is 7.13. The third-order valence-electron chi connectivity index (χ3n) is 4.76. The van der Waals surface area contributed by atoms with Crippen molar-refractivity contribution in [1.82, 2.24) is 9.78 Å². The van der Waals surface area contributed by atoms with E-state index >= 15 is 0 Å². The molecule has 27 heavy (non-hydrogen) atoms. The minimum Gasteiger partial charge on any atom is -0.381 e. The monoisotopic (exact) mass is 382 g/mol. The van der Waals surface area contributed by atoms with Crippen LogP contribution in [0.3, 0.4) is 0 Å². The molecule has 0 radical (unpaired) electrons. The average molecular weight is 382 g/mol. The quantitative estimate of drug-likeness (QED) is 0.673. The van der Waals surface area contributed by atoms with Gasteiger partial charge in [-0.15, -0.1) is 11.3 Å². The fraction of sp³-hybridized carbons (Fsp3) is 0.300. The topological polar surface area (TPSA) is 68.2 Å². The average Bonchev–Trinajstić information content (AvgIpc) is 3.34. The van der Waals surface area contributed by atoms with Crippen LogP contribution >= 0.6 is 11.3 Å². The van der Waals surface area contributed by atoms with E-state index in [1.807, 2.05) is 47.3 Å². The van der Waals surface area contributed by atoms with Crippen molar-refractivity contribution in [3.63, 3.8) is 0 Å². The van der Waals surface area contributed by atoms with Crippen LogP contribution in [0.5, 0.6) is 0 Å². The lowest BCUT2D eigenvalue weighted by Crippen LogP contribution is -2.22. The molecule has 0 unspecified atom stereocenters. The van der Waals surface area contributed by atoms with E-state index in [-0.39, 0.29) is 6.03 Å². The Bertz CT molecular complexity index is 914. The lowest BCUT2D eigenvalue weighted by molar-refractivity contribution is 0.0657. The van der Waals surface area contributed by atoms with Crippen LogP contribution in [-0.4, -0.2) is 29.0 Å². The van der Waals surface area contributed by atoms with E-state index in [1.165, 1.54) is 4.88 Å². The summed E-state index contributed by atoms with van der Waals surface area (Å²) in [5.41, 5.74) is 3.54. The molecule has 1 aliphatic rings. The van der Waals surface area contributed by atoms with Crippen molar-refractivity contribution in [3.8, 4) is 10.4 Å². The van der Waals surface area contributed by atoms with E-state index in [4.69, 9.17) is 4.74 Å². The Morgan fingerprint density at radius 1 is 1.22 bits per heavy atom. The first-order valence-corrected chi connectivity index (χ1v) is 9.92. The Hall–Kier alpha value is -2.64. The van der Waals surface area contributed by atoms with Gasteiger partial charge in [-0.3, -0.25) is 4.68 Å². The van der Waals surface area contributed by atoms with E-state index in [1.54, 1.807) is 17.5 Å². The van der Waals surface area contributed by atoms with Crippen LogP contribution in [0, 0.1) is 6.92 Å². The van der Waals surface area contributed by atoms with E-state index < -0.39 is 0 Å². The number of aromatic nitrogens is 2. The van der Waals surface area contributed by atoms with Crippen LogP contribution in [0.1, 0.15) is 24.6 Å². The van der Waals surface area contributed by atoms with Gasteiger partial charge in [0.1, 0.15) is 0 Å². The third kappa shape index (κ3) is 4.04. The van der Waals surface area contributed by atoms with Crippen molar-refractivity contribution < 1.29 is 9.53 Å². The number of rotatable bonds is 4. The number of urea groups is 1. The molecule has 3 heterocycles. The largest absolute Gasteiger partial charge is 0.381 e. The molecule has 0 atom stereocenters. The minimum absolute atomic E-state index is 0.270. The number of amides is 2. The highest BCUT2D eigenvalue weighted by atomic mass is 32.1. The molecule has 1 aromatic carbocycles. The second-order valence-electron chi connectivity index (χ2n) is 6.57. The molecule has 0 saturated carbocycles. The van der Waals surface area contributed by atoms with Gasteiger partial charge in [0.05, 0.1) is 23.6 Å². The molecule has 3 aromatic rings. The molecule has 7 heteroatoms. The first kappa shape index (κ1) is 17.8. The highest BCUT2D eigenvalue weighted by Crippen LogP contribution is 2.27. The summed E-state index contributed by atoms with van der Waals surface area (Å²) < 4.78 is 7.41. The summed E-state index contributed by atoms with van der Waals surface area (Å²) in [5.74, 6) is 0. The van der Waals surface area contributed by atoms with Crippen LogP contribution in [-0.2, 0) is 4.74 Å². The van der Waals surface area contributed by atoms with E-state index in [0.29, 0.717) is 6.04 Å². The van der Waals surface area contributed by atoms with Crippen molar-refractivity contribution in [3.05, 3.63) is 53.7 Å². The van der Waals surface area contributed by atoms with Gasteiger partial charge in [-0.1, -0.05) is 18.2 Å². The SMILES string of the molecule is Cc1c(NC(=O)Nc2cccc(-c3cccs3)c2)cnn1C1CCOCC1. The third-order valence-corrected chi connectivity index (χ3v) is 5.67. The molecule has 6 nitrogen and oxygen atoms in total. The summed E-state index contributed by atoms with van der Waals surface area (Å²) in [6.07, 6.45) is 3.61. The summed E-state index contributed by atoms with van der Waals surface area (Å²) >= 11 is 1.68. The number of benzene rings is 1. The number of carbonyl (C=O) groups excluding carboxylic acids is 1. The summed E-state index contributed by atoms with van der Waals surface area (Å²) in [6, 6.07) is 12.0. The van der Waals surface area contributed by atoms with Crippen molar-refractivity contribution >= 4 is 28.7 Å². The zero-order valence-corrected chi connectivity index (χ0v) is 16.0. The predicted octanol–water partition coefficient (Wildman–Crippen LogP) is 4.92. The zero-order chi connectivity index (χ0) is 18.6. The molecular weight excluding hydrogens is 360 g/mol. The standard InChI is InChI=1S/C20H22N4O2S/c1-14-18(13-21-24(14)17-7-9-26-10-8-17)23-20(25)22-16-5-2-4-15(12-16)19-6-3-11-27-19/h2-6,11-13,17H,7-10H2,1H3,(H2,22,23,25). The fourth-order valence-corrected chi connectivity index (χ4v) is 4.05. The lowest BCUT2D eigenvalue weighted by Gasteiger charge is -2.23. The van der Waals surface area contributed by atoms with Crippen molar-refractivity contribution in [1.29, 1.82) is 0 Å². The second kappa shape index (κ2) is 7.94. The van der Waals surface area contributed by atoms with E-state index in [2.05, 4.69) is 21.8 Å². The van der Waals surface area contributed by atoms with E-state index in [0.717, 1.165) is 48.7 Å². The number of carbonyl (C=O) groups is 1. The maximum Gasteiger partial charge on any atom is 0.323 e. The molecule has 0 aliphatic carbocycles. The molecule has 0 bridgehead atoms. The van der Waals surface area contributed by atoms with Gasteiger partial charge in [0.25, 0.3) is 0 Å². The molecular formula is C20H22N4O2S. The number of thiophene rings is 1. The molecule has 2 N–H and O–H groups in total. The second-order valence-corrected chi connectivity index (χ2v) is 7.52. The number of nitrogens with zero attached hydrogens (tertiary/aromatic N) is 2. The summed E-state index contributed by atoms with van der Waals surface area (Å²) in [5, 5.41) is 12.3. The molecule has 0 spiro atoms. The number of hydrogen-bond acceptors (Lipinski definition) is 4. The predicted molar refractivity (Wildman–Crippen MR) is 108 cm³/mol. The highest BCUT2D eigenvalue weighted by Gasteiger charge is 2.20. The fourth-order valence-electron chi connectivity index (χ4n) is 3.32. The maximum atomic E-state index is 12.4. The molecule has 2 amide bonds. The Kier molecular flexibility index (Phi) is 5.22. The maximum absolute atomic E-state index is 12.4. The van der Waals surface area contributed by atoms with Gasteiger partial charge >= 0.3 is 6.03 Å². The number of hydrogen-bond donors (Lipinski definition) is 2. The van der Waals surface area contributed by atoms with Gasteiger partial charge in [-0.25, -0.2) is 4.79 Å². The molecule has 1 saturated heterocycles. The van der Waals surface area contributed by atoms with Crippen molar-refractivity contribution in [2.45, 2.75) is 25.8 Å². The van der Waals surface area contributed by atoms with Crippen molar-refractivity contribution in [2.24, 2.45) is 0 Å². The number of ether oxygens (including phenoxy) is 1. The smallest absolute Gasteiger partial charge is 0.323 e. The van der Waals surface area contributed by atoms with Crippen LogP contribution in [0.4, 0.5) is 16.2 Å². The first-order chi connectivity index (χ1) is 13.2. The Labute approximate surface area is 162 Å². The minimum atomic E-state index is -0.270. The molecule has 4 rings (SSSR count). The normalized spacial score (nSPS) is 14.9. The summed E-state index contributed by atoms with van der Waals surface area (Å²) in [4.78, 5) is 13.6. The van der Waals surface area contributed by atoms with Crippen LogP contribution in [0.25, 0.3) is 10.4 Å². The zero-order valence-electron chi connectivity index (χ0n) is 15.1. The molecule has 1 aliphatic heterocycles. The lowest BCUT2D eigenvalue weighted by atomic mass is 10.1. The van der Waals surface area contributed by atoms with Crippen LogP contribution in [0.2, 0.25) is 0 Å². The molecule has 1 fully saturated rings. The Morgan fingerprint density at radius 2 is 2.07 bits per heavy atom. The number of nitrogens with one attached hydrogen (secondary N) is 2. The van der Waals surface area contributed by atoms with E-state index in [9.17, 15) is 4.79 Å². The van der Waals surface area contributed by atoms with Crippen molar-refractivity contribution in [2.75, 3.05) is 23.8 Å². The summed E-state index contributed by atoms with van der Waals surface area (Å²) in [6.45, 7) is 3.50. The van der Waals surface area contributed by atoms with Gasteiger partial charge < -0.3 is 15.4 Å². The van der Waals surface area contributed by atoms with Crippen LogP contribution < -0.4 is 10.6 Å². The van der Waals surface area contributed by atoms with Crippen LogP contribution in [0.15, 0.2) is 48.0 Å². The van der Waals surface area contributed by atoms with Gasteiger partial charge in [-0.05, 0) is 48.9 Å². The Balaban J connectivity index is 1.43. The molecule has 2 aromatic heterocycles. The number of anilines is 2. The Morgan fingerprint density at radius 3 is 2.85 bits per heavy atom. The first-order valence-electron chi connectivity index (χ1n) is 9.04. The van der Waals surface area contributed by atoms with Gasteiger partial charge in [0, 0.05) is 23.8 Å². The molecule has 140 valence electrons. The summed E-state index contributed by atoms with van der Waals surface area (Å²) in [7, 11) is 0. The van der Waals surface area contributed by atoms with Gasteiger partial charge in [-0.2, -0.15) is 5.10 Å².